The van der Waals surface area contributed by atoms with Crippen LogP contribution in [0.5, 0.6) is 5.75 Å². The molecule has 240 valence electrons. The molecule has 0 aliphatic carbocycles. The smallest absolute Gasteiger partial charge is 0.253 e. The predicted molar refractivity (Wildman–Crippen MR) is 175 cm³/mol. The minimum atomic E-state index is -1.23. The molecule has 3 saturated heterocycles. The second-order valence-corrected chi connectivity index (χ2v) is 12.6. The summed E-state index contributed by atoms with van der Waals surface area (Å²) in [5.41, 5.74) is -0.216. The van der Waals surface area contributed by atoms with Crippen molar-refractivity contribution >= 4 is 40.7 Å². The summed E-state index contributed by atoms with van der Waals surface area (Å²) in [5, 5.41) is 10.1. The first kappa shape index (κ1) is 32.7. The summed E-state index contributed by atoms with van der Waals surface area (Å²) in [6.45, 7) is 14.3. The van der Waals surface area contributed by atoms with Gasteiger partial charge in [-0.25, -0.2) is 0 Å². The highest BCUT2D eigenvalue weighted by molar-refractivity contribution is 6.34. The lowest BCUT2D eigenvalue weighted by molar-refractivity contribution is -0.144. The van der Waals surface area contributed by atoms with E-state index in [1.54, 1.807) is 40.2 Å². The number of carbonyl (C=O) groups excluding carboxylic acids is 3. The average Bonchev–Trinajstić information content (AvgIpc) is 3.58. The molecule has 2 bridgehead atoms. The molecule has 5 rings (SSSR count). The van der Waals surface area contributed by atoms with Crippen LogP contribution in [0.25, 0.3) is 0 Å². The highest BCUT2D eigenvalue weighted by Crippen LogP contribution is 2.63. The summed E-state index contributed by atoms with van der Waals surface area (Å²) in [4.78, 5) is 48.5. The van der Waals surface area contributed by atoms with Crippen LogP contribution >= 0.6 is 11.6 Å². The van der Waals surface area contributed by atoms with Crippen molar-refractivity contribution in [1.82, 2.24) is 4.90 Å². The zero-order chi connectivity index (χ0) is 32.5. The van der Waals surface area contributed by atoms with E-state index in [0.29, 0.717) is 41.6 Å². The van der Waals surface area contributed by atoms with Gasteiger partial charge in [0.15, 0.2) is 0 Å². The molecule has 0 saturated carbocycles. The normalized spacial score (nSPS) is 26.5. The minimum absolute atomic E-state index is 0.143. The number of rotatable bonds is 13. The standard InChI is InChI=1S/C35H42ClN3O6/c1-6-19-37(24-13-15-25(16-14-24)44-8-3)31(41)27-28-32(42)39(21-10-22-40)30(35(28)18-17-34(27,5)45-35)33(43)38(20-7-2)29-23(4)11-9-12-26(29)36/h6-7,9,11-16,27-28,30,40H,1-2,8,10,17-22H2,3-5H3/t27-,28+,30?,34+,35?/m1/s1. The molecule has 2 aromatic carbocycles. The molecule has 3 heterocycles. The number of benzene rings is 2. The van der Waals surface area contributed by atoms with Crippen LogP contribution in [0.3, 0.4) is 0 Å². The lowest BCUT2D eigenvalue weighted by atomic mass is 9.66. The number of hydrogen-bond donors (Lipinski definition) is 1. The van der Waals surface area contributed by atoms with Crippen LogP contribution in [-0.4, -0.2) is 77.8 Å². The third-order valence-electron chi connectivity index (χ3n) is 9.41. The Kier molecular flexibility index (Phi) is 9.44. The molecule has 0 radical (unpaired) electrons. The topological polar surface area (TPSA) is 99.6 Å². The van der Waals surface area contributed by atoms with E-state index >= 15 is 0 Å². The monoisotopic (exact) mass is 635 g/mol. The Morgan fingerprint density at radius 2 is 1.80 bits per heavy atom. The maximum atomic E-state index is 14.8. The van der Waals surface area contributed by atoms with Crippen molar-refractivity contribution in [2.45, 2.75) is 57.3 Å². The number of halogens is 1. The van der Waals surface area contributed by atoms with Gasteiger partial charge in [-0.1, -0.05) is 35.9 Å². The van der Waals surface area contributed by atoms with Crippen molar-refractivity contribution < 1.29 is 29.0 Å². The zero-order valence-electron chi connectivity index (χ0n) is 26.2. The van der Waals surface area contributed by atoms with Gasteiger partial charge in [0.25, 0.3) is 5.91 Å². The number of hydrogen-bond acceptors (Lipinski definition) is 6. The first-order valence-electron chi connectivity index (χ1n) is 15.5. The van der Waals surface area contributed by atoms with Crippen molar-refractivity contribution in [2.75, 3.05) is 42.6 Å². The second-order valence-electron chi connectivity index (χ2n) is 12.1. The van der Waals surface area contributed by atoms with Crippen LogP contribution in [0, 0.1) is 18.8 Å². The fourth-order valence-corrected chi connectivity index (χ4v) is 7.93. The molecule has 3 aliphatic heterocycles. The maximum Gasteiger partial charge on any atom is 0.253 e. The van der Waals surface area contributed by atoms with Gasteiger partial charge in [-0.3, -0.25) is 14.4 Å². The van der Waals surface area contributed by atoms with Crippen molar-refractivity contribution in [2.24, 2.45) is 11.8 Å². The Hall–Kier alpha value is -3.66. The molecule has 0 aromatic heterocycles. The number of likely N-dealkylation sites (tertiary alicyclic amines) is 1. The van der Waals surface area contributed by atoms with Crippen molar-refractivity contribution in [3.63, 3.8) is 0 Å². The molecule has 45 heavy (non-hydrogen) atoms. The van der Waals surface area contributed by atoms with Gasteiger partial charge in [0.05, 0.1) is 34.8 Å². The molecule has 9 nitrogen and oxygen atoms in total. The number of anilines is 2. The minimum Gasteiger partial charge on any atom is -0.494 e. The van der Waals surface area contributed by atoms with Gasteiger partial charge in [-0.15, -0.1) is 13.2 Å². The Balaban J connectivity index is 1.58. The lowest BCUT2D eigenvalue weighted by Gasteiger charge is -2.37. The first-order chi connectivity index (χ1) is 21.6. The highest BCUT2D eigenvalue weighted by atomic mass is 35.5. The Morgan fingerprint density at radius 1 is 1.11 bits per heavy atom. The Bertz CT molecular complexity index is 1460. The number of carbonyl (C=O) groups is 3. The van der Waals surface area contributed by atoms with Crippen molar-refractivity contribution in [3.05, 3.63) is 78.4 Å². The molecule has 3 aliphatic rings. The number of nitrogens with zero attached hydrogens (tertiary/aromatic N) is 3. The van der Waals surface area contributed by atoms with Gasteiger partial charge in [0.1, 0.15) is 17.4 Å². The van der Waals surface area contributed by atoms with Crippen molar-refractivity contribution in [1.29, 1.82) is 0 Å². The van der Waals surface area contributed by atoms with Gasteiger partial charge >= 0.3 is 0 Å². The number of amides is 3. The van der Waals surface area contributed by atoms with E-state index in [2.05, 4.69) is 13.2 Å². The van der Waals surface area contributed by atoms with Gasteiger partial charge in [-0.2, -0.15) is 0 Å². The van der Waals surface area contributed by atoms with Crippen LogP contribution in [0.1, 0.15) is 38.7 Å². The Morgan fingerprint density at radius 3 is 2.42 bits per heavy atom. The third kappa shape index (κ3) is 5.45. The summed E-state index contributed by atoms with van der Waals surface area (Å²) in [6.07, 6.45) is 4.48. The molecular formula is C35H42ClN3O6. The van der Waals surface area contributed by atoms with Crippen LogP contribution in [0.2, 0.25) is 5.02 Å². The predicted octanol–water partition coefficient (Wildman–Crippen LogP) is 4.93. The molecule has 2 unspecified atom stereocenters. The number of ether oxygens (including phenoxy) is 2. The molecule has 3 fully saturated rings. The first-order valence-corrected chi connectivity index (χ1v) is 15.9. The zero-order valence-corrected chi connectivity index (χ0v) is 27.0. The number of para-hydroxylation sites is 1. The lowest BCUT2D eigenvalue weighted by Crippen LogP contribution is -2.57. The second kappa shape index (κ2) is 13.0. The van der Waals surface area contributed by atoms with Gasteiger partial charge in [0, 0.05) is 31.9 Å². The number of aliphatic hydroxyl groups excluding tert-OH is 1. The maximum absolute atomic E-state index is 14.8. The van der Waals surface area contributed by atoms with E-state index in [1.165, 1.54) is 4.90 Å². The molecule has 1 N–H and O–H groups in total. The van der Waals surface area contributed by atoms with Crippen LogP contribution in [-0.2, 0) is 19.1 Å². The fraction of sp³-hybridized carbons (Fsp3) is 0.457. The highest BCUT2D eigenvalue weighted by Gasteiger charge is 2.78. The molecule has 2 aromatic rings. The summed E-state index contributed by atoms with van der Waals surface area (Å²) in [7, 11) is 0. The third-order valence-corrected chi connectivity index (χ3v) is 9.71. The largest absolute Gasteiger partial charge is 0.494 e. The number of aliphatic hydroxyl groups is 1. The van der Waals surface area contributed by atoms with E-state index in [9.17, 15) is 19.5 Å². The SMILES string of the molecule is C=CCN(C(=O)[C@H]1[C@H]2C(=O)N(CCCO)C(C(=O)N(CC=C)c3c(C)cccc3Cl)C23CC[C@]1(C)O3)c1ccc(OCC)cc1. The molecule has 5 atom stereocenters. The van der Waals surface area contributed by atoms with E-state index in [4.69, 9.17) is 21.1 Å². The van der Waals surface area contributed by atoms with Crippen LogP contribution < -0.4 is 14.5 Å². The quantitative estimate of drug-likeness (QED) is 0.313. The van der Waals surface area contributed by atoms with E-state index in [0.717, 1.165) is 5.56 Å². The van der Waals surface area contributed by atoms with E-state index < -0.39 is 29.1 Å². The van der Waals surface area contributed by atoms with Gasteiger partial charge in [-0.05, 0) is 75.9 Å². The average molecular weight is 636 g/mol. The summed E-state index contributed by atoms with van der Waals surface area (Å²) < 4.78 is 12.4. The molecule has 1 spiro atoms. The van der Waals surface area contributed by atoms with Gasteiger partial charge in [0.2, 0.25) is 11.8 Å². The van der Waals surface area contributed by atoms with Crippen molar-refractivity contribution in [3.8, 4) is 5.75 Å². The summed E-state index contributed by atoms with van der Waals surface area (Å²) in [5.74, 6) is -1.97. The molecule has 3 amide bonds. The van der Waals surface area contributed by atoms with E-state index in [1.807, 2.05) is 45.0 Å². The summed E-state index contributed by atoms with van der Waals surface area (Å²) >= 11 is 6.65. The van der Waals surface area contributed by atoms with E-state index in [-0.39, 0.29) is 50.4 Å². The number of fused-ring (bicyclic) bond motifs is 1. The fourth-order valence-electron chi connectivity index (χ4n) is 7.60. The van der Waals surface area contributed by atoms with Crippen LogP contribution in [0.15, 0.2) is 67.8 Å². The van der Waals surface area contributed by atoms with Gasteiger partial charge < -0.3 is 29.3 Å². The number of aryl methyl sites for hydroxylation is 1. The molecule has 10 heteroatoms. The molecular weight excluding hydrogens is 594 g/mol. The Labute approximate surface area is 270 Å². The summed E-state index contributed by atoms with van der Waals surface area (Å²) in [6, 6.07) is 11.6. The van der Waals surface area contributed by atoms with Crippen LogP contribution in [0.4, 0.5) is 11.4 Å².